The number of carboxylic acids is 1. The summed E-state index contributed by atoms with van der Waals surface area (Å²) >= 11 is 0. The molecule has 2 saturated carbocycles. The van der Waals surface area contributed by atoms with Crippen LogP contribution in [0.25, 0.3) is 0 Å². The molecule has 0 aromatic heterocycles. The second-order valence-corrected chi connectivity index (χ2v) is 10.1. The SMILES string of the molecule is O=C(O)CN(CC1CC1)C1CC(NS(=O)(=O)c2ccc3c(c2)CCCC3)C1. The molecule has 0 saturated heterocycles. The number of carboxylic acid groups (broad SMARTS) is 1. The van der Waals surface area contributed by atoms with Crippen molar-refractivity contribution in [3.63, 3.8) is 0 Å². The third-order valence-corrected chi connectivity index (χ3v) is 7.63. The van der Waals surface area contributed by atoms with Crippen molar-refractivity contribution in [2.45, 2.75) is 68.3 Å². The third kappa shape index (κ3) is 4.52. The zero-order valence-electron chi connectivity index (χ0n) is 15.6. The van der Waals surface area contributed by atoms with E-state index in [1.807, 2.05) is 17.0 Å². The minimum Gasteiger partial charge on any atom is -0.480 e. The van der Waals surface area contributed by atoms with E-state index in [1.165, 1.54) is 24.8 Å². The van der Waals surface area contributed by atoms with E-state index in [0.717, 1.165) is 31.4 Å². The molecular formula is C20H28N2O4S. The normalized spacial score (nSPS) is 25.1. The molecule has 1 aromatic rings. The zero-order chi connectivity index (χ0) is 19.0. The van der Waals surface area contributed by atoms with Gasteiger partial charge < -0.3 is 5.11 Å². The molecule has 7 heteroatoms. The van der Waals surface area contributed by atoms with Crippen molar-refractivity contribution in [2.75, 3.05) is 13.1 Å². The molecule has 1 aromatic carbocycles. The second kappa shape index (κ2) is 7.53. The Labute approximate surface area is 161 Å². The number of hydrogen-bond donors (Lipinski definition) is 2. The highest BCUT2D eigenvalue weighted by Gasteiger charge is 2.39. The highest BCUT2D eigenvalue weighted by Crippen LogP contribution is 2.34. The van der Waals surface area contributed by atoms with Crippen LogP contribution in [0.5, 0.6) is 0 Å². The van der Waals surface area contributed by atoms with E-state index in [4.69, 9.17) is 5.11 Å². The summed E-state index contributed by atoms with van der Waals surface area (Å²) in [7, 11) is -3.52. The molecule has 4 rings (SSSR count). The number of benzene rings is 1. The first kappa shape index (κ1) is 18.9. The molecule has 0 atom stereocenters. The Morgan fingerprint density at radius 1 is 1.15 bits per heavy atom. The monoisotopic (exact) mass is 392 g/mol. The van der Waals surface area contributed by atoms with Crippen LogP contribution in [-0.2, 0) is 27.7 Å². The molecule has 0 heterocycles. The summed E-state index contributed by atoms with van der Waals surface area (Å²) in [4.78, 5) is 13.5. The standard InChI is InChI=1S/C20H28N2O4S/c23-20(24)13-22(12-14-5-6-14)18-10-17(11-18)21-27(25,26)19-8-7-15-3-1-2-4-16(15)9-19/h7-9,14,17-18,21H,1-6,10-13H2,(H,23,24). The first-order chi connectivity index (χ1) is 12.9. The maximum absolute atomic E-state index is 12.7. The van der Waals surface area contributed by atoms with Gasteiger partial charge in [-0.15, -0.1) is 0 Å². The molecule has 27 heavy (non-hydrogen) atoms. The maximum Gasteiger partial charge on any atom is 0.317 e. The second-order valence-electron chi connectivity index (χ2n) is 8.35. The van der Waals surface area contributed by atoms with Gasteiger partial charge in [-0.2, -0.15) is 0 Å². The lowest BCUT2D eigenvalue weighted by atomic mass is 9.86. The summed E-state index contributed by atoms with van der Waals surface area (Å²) < 4.78 is 28.3. The van der Waals surface area contributed by atoms with E-state index >= 15 is 0 Å². The van der Waals surface area contributed by atoms with Crippen LogP contribution >= 0.6 is 0 Å². The molecule has 0 radical (unpaired) electrons. The van der Waals surface area contributed by atoms with Gasteiger partial charge in [0, 0.05) is 18.6 Å². The van der Waals surface area contributed by atoms with Gasteiger partial charge in [-0.3, -0.25) is 9.69 Å². The number of aliphatic carboxylic acids is 1. The van der Waals surface area contributed by atoms with Crippen LogP contribution in [-0.4, -0.2) is 49.6 Å². The van der Waals surface area contributed by atoms with Crippen LogP contribution in [0.15, 0.2) is 23.1 Å². The number of nitrogens with zero attached hydrogens (tertiary/aromatic N) is 1. The number of aryl methyl sites for hydroxylation is 2. The molecule has 0 spiro atoms. The van der Waals surface area contributed by atoms with Crippen molar-refractivity contribution in [3.8, 4) is 0 Å². The van der Waals surface area contributed by atoms with E-state index in [1.54, 1.807) is 6.07 Å². The Morgan fingerprint density at radius 3 is 2.52 bits per heavy atom. The van der Waals surface area contributed by atoms with Gasteiger partial charge in [-0.05, 0) is 80.5 Å². The Bertz CT molecular complexity index is 813. The topological polar surface area (TPSA) is 86.7 Å². The van der Waals surface area contributed by atoms with Gasteiger partial charge in [0.25, 0.3) is 0 Å². The van der Waals surface area contributed by atoms with Crippen molar-refractivity contribution < 1.29 is 18.3 Å². The average Bonchev–Trinajstić information content (AvgIpc) is 3.40. The summed E-state index contributed by atoms with van der Waals surface area (Å²) in [6.07, 6.45) is 8.01. The van der Waals surface area contributed by atoms with Crippen LogP contribution in [0.4, 0.5) is 0 Å². The molecule has 3 aliphatic rings. The predicted octanol–water partition coefficient (Wildman–Crippen LogP) is 2.17. The first-order valence-electron chi connectivity index (χ1n) is 10.0. The maximum atomic E-state index is 12.7. The summed E-state index contributed by atoms with van der Waals surface area (Å²) in [5, 5.41) is 9.13. The number of carbonyl (C=O) groups is 1. The largest absolute Gasteiger partial charge is 0.480 e. The van der Waals surface area contributed by atoms with Crippen molar-refractivity contribution in [2.24, 2.45) is 5.92 Å². The molecule has 3 aliphatic carbocycles. The van der Waals surface area contributed by atoms with E-state index in [9.17, 15) is 13.2 Å². The smallest absolute Gasteiger partial charge is 0.317 e. The summed E-state index contributed by atoms with van der Waals surface area (Å²) in [6, 6.07) is 5.56. The number of sulfonamides is 1. The van der Waals surface area contributed by atoms with Crippen LogP contribution in [0, 0.1) is 5.92 Å². The Kier molecular flexibility index (Phi) is 5.27. The Morgan fingerprint density at radius 2 is 1.85 bits per heavy atom. The van der Waals surface area contributed by atoms with Crippen LogP contribution in [0.2, 0.25) is 0 Å². The Balaban J connectivity index is 1.36. The lowest BCUT2D eigenvalue weighted by Gasteiger charge is -2.42. The van der Waals surface area contributed by atoms with Gasteiger partial charge in [0.05, 0.1) is 11.4 Å². The molecule has 2 N–H and O–H groups in total. The quantitative estimate of drug-likeness (QED) is 0.708. The van der Waals surface area contributed by atoms with Crippen molar-refractivity contribution in [1.82, 2.24) is 9.62 Å². The van der Waals surface area contributed by atoms with E-state index < -0.39 is 16.0 Å². The highest BCUT2D eigenvalue weighted by molar-refractivity contribution is 7.89. The van der Waals surface area contributed by atoms with Crippen LogP contribution in [0.3, 0.4) is 0 Å². The molecule has 2 fully saturated rings. The van der Waals surface area contributed by atoms with Crippen molar-refractivity contribution in [3.05, 3.63) is 29.3 Å². The van der Waals surface area contributed by atoms with Crippen LogP contribution < -0.4 is 4.72 Å². The van der Waals surface area contributed by atoms with Gasteiger partial charge >= 0.3 is 5.97 Å². The fourth-order valence-corrected chi connectivity index (χ4v) is 5.61. The minimum absolute atomic E-state index is 0.0471. The lowest BCUT2D eigenvalue weighted by Crippen LogP contribution is -2.55. The summed E-state index contributed by atoms with van der Waals surface area (Å²) in [6.45, 7) is 0.868. The first-order valence-corrected chi connectivity index (χ1v) is 11.5. The van der Waals surface area contributed by atoms with Crippen LogP contribution in [0.1, 0.15) is 49.7 Å². The summed E-state index contributed by atoms with van der Waals surface area (Å²) in [5.74, 6) is -0.190. The molecule has 0 unspecified atom stereocenters. The van der Waals surface area contributed by atoms with E-state index in [0.29, 0.717) is 23.7 Å². The molecule has 0 bridgehead atoms. The number of rotatable bonds is 8. The van der Waals surface area contributed by atoms with Gasteiger partial charge in [-0.1, -0.05) is 6.07 Å². The van der Waals surface area contributed by atoms with E-state index in [-0.39, 0.29) is 18.6 Å². The predicted molar refractivity (Wildman–Crippen MR) is 102 cm³/mol. The highest BCUT2D eigenvalue weighted by atomic mass is 32.2. The van der Waals surface area contributed by atoms with Gasteiger partial charge in [-0.25, -0.2) is 13.1 Å². The van der Waals surface area contributed by atoms with Gasteiger partial charge in [0.15, 0.2) is 0 Å². The minimum atomic E-state index is -3.52. The Hall–Kier alpha value is -1.44. The fraction of sp³-hybridized carbons (Fsp3) is 0.650. The fourth-order valence-electron chi connectivity index (χ4n) is 4.30. The summed E-state index contributed by atoms with van der Waals surface area (Å²) in [5.41, 5.74) is 2.43. The number of hydrogen-bond acceptors (Lipinski definition) is 4. The zero-order valence-corrected chi connectivity index (χ0v) is 16.4. The van der Waals surface area contributed by atoms with Gasteiger partial charge in [0.2, 0.25) is 10.0 Å². The molecule has 148 valence electrons. The molecule has 0 amide bonds. The molecule has 0 aliphatic heterocycles. The third-order valence-electron chi connectivity index (χ3n) is 6.11. The number of fused-ring (bicyclic) bond motifs is 1. The van der Waals surface area contributed by atoms with Crippen molar-refractivity contribution >= 4 is 16.0 Å². The lowest BCUT2D eigenvalue weighted by molar-refractivity contribution is -0.139. The molecule has 6 nitrogen and oxygen atoms in total. The average molecular weight is 393 g/mol. The molecular weight excluding hydrogens is 364 g/mol. The van der Waals surface area contributed by atoms with Gasteiger partial charge in [0.1, 0.15) is 0 Å². The van der Waals surface area contributed by atoms with Crippen molar-refractivity contribution in [1.29, 1.82) is 0 Å². The van der Waals surface area contributed by atoms with E-state index in [2.05, 4.69) is 4.72 Å². The number of nitrogens with one attached hydrogen (secondary N) is 1.